The molecule has 1 unspecified atom stereocenters. The zero-order chi connectivity index (χ0) is 14.8. The Balaban J connectivity index is 2.65. The number of hydrogen-bond donors (Lipinski definition) is 0. The van der Waals surface area contributed by atoms with Crippen LogP contribution in [0.5, 0.6) is 11.5 Å². The maximum Gasteiger partial charge on any atom is 0.161 e. The van der Waals surface area contributed by atoms with E-state index in [-0.39, 0.29) is 0 Å². The number of unbranched alkanes of at least 4 members (excludes halogenated alkanes) is 1. The zero-order valence-electron chi connectivity index (χ0n) is 13.0. The molecule has 0 aliphatic carbocycles. The van der Waals surface area contributed by atoms with E-state index in [2.05, 4.69) is 13.8 Å². The lowest BCUT2D eigenvalue weighted by Crippen LogP contribution is -2.12. The number of alkyl halides is 1. The van der Waals surface area contributed by atoms with Gasteiger partial charge in [-0.1, -0.05) is 39.2 Å². The highest BCUT2D eigenvalue weighted by Gasteiger charge is 2.10. The van der Waals surface area contributed by atoms with Crippen LogP contribution in [0.15, 0.2) is 18.2 Å². The zero-order valence-corrected chi connectivity index (χ0v) is 13.7. The highest BCUT2D eigenvalue weighted by molar-refractivity contribution is 6.17. The summed E-state index contributed by atoms with van der Waals surface area (Å²) in [4.78, 5) is 0. The van der Waals surface area contributed by atoms with Gasteiger partial charge in [0.05, 0.1) is 13.2 Å². The van der Waals surface area contributed by atoms with Crippen LogP contribution in [0.4, 0.5) is 0 Å². The largest absolute Gasteiger partial charge is 0.490 e. The van der Waals surface area contributed by atoms with Crippen molar-refractivity contribution in [3.05, 3.63) is 23.8 Å². The highest BCUT2D eigenvalue weighted by Crippen LogP contribution is 2.30. The summed E-state index contributed by atoms with van der Waals surface area (Å²) in [6.07, 6.45) is 4.90. The van der Waals surface area contributed by atoms with Gasteiger partial charge in [0, 0.05) is 5.88 Å². The fourth-order valence-corrected chi connectivity index (χ4v) is 2.30. The average Bonchev–Trinajstić information content (AvgIpc) is 2.48. The molecule has 0 radical (unpaired) electrons. The molecule has 0 spiro atoms. The Hall–Kier alpha value is -0.890. The van der Waals surface area contributed by atoms with Gasteiger partial charge in [0.1, 0.15) is 0 Å². The molecule has 0 aliphatic rings. The Kier molecular flexibility index (Phi) is 8.52. The third-order valence-corrected chi connectivity index (χ3v) is 3.79. The summed E-state index contributed by atoms with van der Waals surface area (Å²) < 4.78 is 11.6. The maximum atomic E-state index is 5.97. The minimum Gasteiger partial charge on any atom is -0.490 e. The predicted molar refractivity (Wildman–Crippen MR) is 86.0 cm³/mol. The Bertz CT molecular complexity index is 379. The Morgan fingerprint density at radius 3 is 2.50 bits per heavy atom. The molecule has 0 bridgehead atoms. The van der Waals surface area contributed by atoms with Crippen molar-refractivity contribution >= 4 is 11.6 Å². The monoisotopic (exact) mass is 298 g/mol. The maximum absolute atomic E-state index is 5.97. The minimum atomic E-state index is 0.494. The van der Waals surface area contributed by atoms with Crippen molar-refractivity contribution in [2.24, 2.45) is 5.92 Å². The molecule has 20 heavy (non-hydrogen) atoms. The van der Waals surface area contributed by atoms with Crippen LogP contribution < -0.4 is 9.47 Å². The molecule has 0 amide bonds. The van der Waals surface area contributed by atoms with Crippen LogP contribution in [0, 0.1) is 5.92 Å². The molecule has 0 aliphatic heterocycles. The minimum absolute atomic E-state index is 0.494. The number of benzene rings is 1. The van der Waals surface area contributed by atoms with Gasteiger partial charge in [0.15, 0.2) is 11.5 Å². The summed E-state index contributed by atoms with van der Waals surface area (Å²) in [5.74, 6) is 2.75. The van der Waals surface area contributed by atoms with E-state index in [1.165, 1.54) is 19.3 Å². The molecule has 1 aromatic rings. The molecular weight excluding hydrogens is 272 g/mol. The lowest BCUT2D eigenvalue weighted by molar-refractivity contribution is 0.219. The standard InChI is InChI=1S/C17H27ClO2/c1-4-7-8-14(5-2)13-20-16-10-9-15(12-18)11-17(16)19-6-3/h9-11,14H,4-8,12-13H2,1-3H3. The second-order valence-corrected chi connectivity index (χ2v) is 5.34. The van der Waals surface area contributed by atoms with Gasteiger partial charge in [-0.15, -0.1) is 11.6 Å². The van der Waals surface area contributed by atoms with E-state index in [9.17, 15) is 0 Å². The molecule has 1 rings (SSSR count). The van der Waals surface area contributed by atoms with E-state index < -0.39 is 0 Å². The van der Waals surface area contributed by atoms with Gasteiger partial charge in [-0.25, -0.2) is 0 Å². The van der Waals surface area contributed by atoms with Gasteiger partial charge in [0.2, 0.25) is 0 Å². The molecule has 114 valence electrons. The van der Waals surface area contributed by atoms with Crippen LogP contribution in [0.1, 0.15) is 52.0 Å². The highest BCUT2D eigenvalue weighted by atomic mass is 35.5. The van der Waals surface area contributed by atoms with E-state index in [1.54, 1.807) is 0 Å². The number of rotatable bonds is 10. The first-order valence-corrected chi connectivity index (χ1v) is 8.23. The van der Waals surface area contributed by atoms with E-state index in [4.69, 9.17) is 21.1 Å². The molecule has 2 nitrogen and oxygen atoms in total. The Labute approximate surface area is 128 Å². The molecule has 1 aromatic carbocycles. The smallest absolute Gasteiger partial charge is 0.161 e. The topological polar surface area (TPSA) is 18.5 Å². The Morgan fingerprint density at radius 2 is 1.90 bits per heavy atom. The number of hydrogen-bond acceptors (Lipinski definition) is 2. The predicted octanol–water partition coefficient (Wildman–Crippen LogP) is 5.42. The van der Waals surface area contributed by atoms with Crippen LogP contribution in [-0.2, 0) is 5.88 Å². The quantitative estimate of drug-likeness (QED) is 0.537. The summed E-state index contributed by atoms with van der Waals surface area (Å²) in [6, 6.07) is 5.94. The second kappa shape index (κ2) is 9.93. The Morgan fingerprint density at radius 1 is 1.10 bits per heavy atom. The third kappa shape index (κ3) is 5.62. The van der Waals surface area contributed by atoms with Gasteiger partial charge >= 0.3 is 0 Å². The first-order valence-electron chi connectivity index (χ1n) is 7.69. The molecule has 0 heterocycles. The van der Waals surface area contributed by atoms with E-state index in [0.717, 1.165) is 30.1 Å². The normalized spacial score (nSPS) is 12.2. The van der Waals surface area contributed by atoms with Crippen molar-refractivity contribution in [2.45, 2.75) is 52.3 Å². The van der Waals surface area contributed by atoms with Crippen molar-refractivity contribution in [2.75, 3.05) is 13.2 Å². The van der Waals surface area contributed by atoms with Gasteiger partial charge in [-0.05, 0) is 37.0 Å². The molecule has 1 atom stereocenters. The van der Waals surface area contributed by atoms with Crippen molar-refractivity contribution < 1.29 is 9.47 Å². The summed E-state index contributed by atoms with van der Waals surface area (Å²) in [6.45, 7) is 7.83. The first-order chi connectivity index (χ1) is 9.74. The summed E-state index contributed by atoms with van der Waals surface area (Å²) in [7, 11) is 0. The van der Waals surface area contributed by atoms with Gasteiger partial charge in [-0.3, -0.25) is 0 Å². The van der Waals surface area contributed by atoms with Crippen molar-refractivity contribution in [1.82, 2.24) is 0 Å². The third-order valence-electron chi connectivity index (χ3n) is 3.48. The van der Waals surface area contributed by atoms with E-state index >= 15 is 0 Å². The van der Waals surface area contributed by atoms with Gasteiger partial charge in [0.25, 0.3) is 0 Å². The molecule has 0 N–H and O–H groups in total. The van der Waals surface area contributed by atoms with E-state index in [0.29, 0.717) is 18.4 Å². The summed E-state index contributed by atoms with van der Waals surface area (Å²) >= 11 is 5.86. The van der Waals surface area contributed by atoms with Crippen molar-refractivity contribution in [1.29, 1.82) is 0 Å². The second-order valence-electron chi connectivity index (χ2n) is 5.08. The van der Waals surface area contributed by atoms with Crippen molar-refractivity contribution in [3.8, 4) is 11.5 Å². The number of ether oxygens (including phenoxy) is 2. The molecule has 0 saturated carbocycles. The summed E-state index contributed by atoms with van der Waals surface area (Å²) in [5.41, 5.74) is 1.06. The number of halogens is 1. The lowest BCUT2D eigenvalue weighted by atomic mass is 10.0. The van der Waals surface area contributed by atoms with Crippen LogP contribution in [0.25, 0.3) is 0 Å². The lowest BCUT2D eigenvalue weighted by Gasteiger charge is -2.18. The fourth-order valence-electron chi connectivity index (χ4n) is 2.13. The summed E-state index contributed by atoms with van der Waals surface area (Å²) in [5, 5.41) is 0. The fraction of sp³-hybridized carbons (Fsp3) is 0.647. The molecule has 3 heteroatoms. The molecule has 0 saturated heterocycles. The van der Waals surface area contributed by atoms with Crippen LogP contribution in [0.2, 0.25) is 0 Å². The molecular formula is C17H27ClO2. The SMILES string of the molecule is CCCCC(CC)COc1ccc(CCl)cc1OCC. The molecule has 0 fully saturated rings. The average molecular weight is 299 g/mol. The van der Waals surface area contributed by atoms with Crippen LogP contribution in [0.3, 0.4) is 0 Å². The first kappa shape index (κ1) is 17.2. The van der Waals surface area contributed by atoms with Crippen LogP contribution >= 0.6 is 11.6 Å². The van der Waals surface area contributed by atoms with Crippen LogP contribution in [-0.4, -0.2) is 13.2 Å². The van der Waals surface area contributed by atoms with Crippen molar-refractivity contribution in [3.63, 3.8) is 0 Å². The molecule has 0 aromatic heterocycles. The van der Waals surface area contributed by atoms with E-state index in [1.807, 2.05) is 25.1 Å². The van der Waals surface area contributed by atoms with Gasteiger partial charge < -0.3 is 9.47 Å². The van der Waals surface area contributed by atoms with Gasteiger partial charge in [-0.2, -0.15) is 0 Å².